The molecule has 24 heavy (non-hydrogen) atoms. The number of aliphatic carboxylic acids is 1. The van der Waals surface area contributed by atoms with Crippen molar-refractivity contribution in [3.05, 3.63) is 12.7 Å². The molecular formula is C18H36N2O4. The molecule has 0 radical (unpaired) electrons. The van der Waals surface area contributed by atoms with E-state index in [0.29, 0.717) is 17.4 Å². The van der Waals surface area contributed by atoms with Gasteiger partial charge in [-0.1, -0.05) is 31.8 Å². The molecule has 0 saturated heterocycles. The maximum Gasteiger partial charge on any atom is 0.359 e. The first-order chi connectivity index (χ1) is 10.9. The zero-order chi connectivity index (χ0) is 17.6. The number of quaternary nitrogens is 1. The summed E-state index contributed by atoms with van der Waals surface area (Å²) in [5.74, 6) is -0.677. The molecule has 0 heterocycles. The number of hydrogen-bond donors (Lipinski definition) is 2. The number of rotatable bonds is 15. The number of unbranched alkanes of at least 4 members (excludes halogenated alkanes) is 6. The van der Waals surface area contributed by atoms with Crippen molar-refractivity contribution in [3.63, 3.8) is 0 Å². The van der Waals surface area contributed by atoms with Gasteiger partial charge in [-0.3, -0.25) is 4.79 Å². The van der Waals surface area contributed by atoms with Gasteiger partial charge in [0.1, 0.15) is 0 Å². The van der Waals surface area contributed by atoms with Crippen LogP contribution < -0.4 is 5.32 Å². The first-order valence-corrected chi connectivity index (χ1v) is 8.79. The monoisotopic (exact) mass is 344 g/mol. The summed E-state index contributed by atoms with van der Waals surface area (Å²) in [6.45, 7) is 5.20. The molecule has 0 fully saturated rings. The van der Waals surface area contributed by atoms with Gasteiger partial charge in [0, 0.05) is 19.4 Å². The molecule has 0 unspecified atom stereocenters. The zero-order valence-electron chi connectivity index (χ0n) is 15.4. The Labute approximate surface area is 146 Å². The van der Waals surface area contributed by atoms with E-state index < -0.39 is 5.97 Å². The Balaban J connectivity index is 0. The van der Waals surface area contributed by atoms with Crippen molar-refractivity contribution in [2.45, 2.75) is 57.8 Å². The van der Waals surface area contributed by atoms with E-state index in [-0.39, 0.29) is 17.9 Å². The molecule has 0 atom stereocenters. The maximum atomic E-state index is 11.7. The van der Waals surface area contributed by atoms with Crippen LogP contribution in [-0.2, 0) is 9.59 Å². The van der Waals surface area contributed by atoms with E-state index in [4.69, 9.17) is 5.11 Å². The molecule has 0 aliphatic heterocycles. The summed E-state index contributed by atoms with van der Waals surface area (Å²) in [6.07, 6.45) is 11.4. The van der Waals surface area contributed by atoms with E-state index >= 15 is 0 Å². The number of carbonyl (C=O) groups excluding carboxylic acids is 1. The summed E-state index contributed by atoms with van der Waals surface area (Å²) in [5, 5.41) is 11.7. The SMILES string of the molecule is C=CCCCCCCCCC(=O)NCCC[N+](C)(C)CC(=O)O.[OH-]. The molecule has 142 valence electrons. The van der Waals surface area contributed by atoms with Crippen LogP contribution in [0.5, 0.6) is 0 Å². The quantitative estimate of drug-likeness (QED) is 0.271. The van der Waals surface area contributed by atoms with Crippen LogP contribution in [0.3, 0.4) is 0 Å². The molecule has 6 heteroatoms. The smallest absolute Gasteiger partial charge is 0.359 e. The number of amides is 1. The summed E-state index contributed by atoms with van der Waals surface area (Å²) in [7, 11) is 3.79. The number of allylic oxidation sites excluding steroid dienone is 1. The normalized spacial score (nSPS) is 10.8. The lowest BCUT2D eigenvalue weighted by molar-refractivity contribution is -0.883. The number of nitrogens with zero attached hydrogens (tertiary/aromatic N) is 1. The van der Waals surface area contributed by atoms with E-state index in [1.165, 1.54) is 25.7 Å². The zero-order valence-corrected chi connectivity index (χ0v) is 15.4. The van der Waals surface area contributed by atoms with Crippen molar-refractivity contribution in [3.8, 4) is 0 Å². The fourth-order valence-corrected chi connectivity index (χ4v) is 2.55. The summed E-state index contributed by atoms with van der Waals surface area (Å²) in [5.41, 5.74) is 0. The van der Waals surface area contributed by atoms with Gasteiger partial charge in [-0.15, -0.1) is 6.58 Å². The van der Waals surface area contributed by atoms with E-state index in [1.807, 2.05) is 20.2 Å². The molecule has 0 rings (SSSR count). The highest BCUT2D eigenvalue weighted by molar-refractivity contribution is 5.75. The molecule has 0 saturated carbocycles. The fourth-order valence-electron chi connectivity index (χ4n) is 2.55. The molecule has 0 aliphatic carbocycles. The second-order valence-corrected chi connectivity index (χ2v) is 6.86. The van der Waals surface area contributed by atoms with Gasteiger partial charge < -0.3 is 20.4 Å². The lowest BCUT2D eigenvalue weighted by atomic mass is 10.1. The number of carboxylic acids is 1. The predicted molar refractivity (Wildman–Crippen MR) is 96.2 cm³/mol. The number of hydrogen-bond acceptors (Lipinski definition) is 3. The van der Waals surface area contributed by atoms with E-state index in [0.717, 1.165) is 32.2 Å². The van der Waals surface area contributed by atoms with Crippen LogP contribution in [0.25, 0.3) is 0 Å². The van der Waals surface area contributed by atoms with Gasteiger partial charge in [0.05, 0.1) is 20.6 Å². The standard InChI is InChI=1S/C18H34N2O3.H2O/c1-4-5-6-7-8-9-10-11-13-17(21)19-14-12-15-20(2,3)16-18(22)23;/h4H,1,5-16H2,2-3H3,(H-,19,21,22,23);1H2. The van der Waals surface area contributed by atoms with Gasteiger partial charge in [0.15, 0.2) is 6.54 Å². The third kappa shape index (κ3) is 17.0. The van der Waals surface area contributed by atoms with E-state index in [9.17, 15) is 9.59 Å². The van der Waals surface area contributed by atoms with Crippen LogP contribution in [0.4, 0.5) is 0 Å². The summed E-state index contributed by atoms with van der Waals surface area (Å²) in [4.78, 5) is 22.4. The van der Waals surface area contributed by atoms with Gasteiger partial charge in [-0.25, -0.2) is 4.79 Å². The summed E-state index contributed by atoms with van der Waals surface area (Å²) >= 11 is 0. The van der Waals surface area contributed by atoms with Crippen LogP contribution in [0.2, 0.25) is 0 Å². The van der Waals surface area contributed by atoms with Crippen LogP contribution >= 0.6 is 0 Å². The van der Waals surface area contributed by atoms with Gasteiger partial charge in [-0.05, 0) is 19.3 Å². The van der Waals surface area contributed by atoms with Crippen molar-refractivity contribution in [1.82, 2.24) is 5.32 Å². The van der Waals surface area contributed by atoms with Gasteiger partial charge in [0.2, 0.25) is 5.91 Å². The topological polar surface area (TPSA) is 96.4 Å². The van der Waals surface area contributed by atoms with Crippen molar-refractivity contribution in [2.24, 2.45) is 0 Å². The van der Waals surface area contributed by atoms with Crippen LogP contribution in [0.15, 0.2) is 12.7 Å². The van der Waals surface area contributed by atoms with Crippen LogP contribution in [-0.4, -0.2) is 60.7 Å². The maximum absolute atomic E-state index is 11.7. The average Bonchev–Trinajstić information content (AvgIpc) is 2.45. The Morgan fingerprint density at radius 3 is 2.21 bits per heavy atom. The molecule has 0 aliphatic rings. The first-order valence-electron chi connectivity index (χ1n) is 8.79. The minimum atomic E-state index is -0.788. The third-order valence-corrected chi connectivity index (χ3v) is 3.89. The minimum absolute atomic E-state index is 0. The van der Waals surface area contributed by atoms with Crippen molar-refractivity contribution in [2.75, 3.05) is 33.7 Å². The largest absolute Gasteiger partial charge is 0.870 e. The van der Waals surface area contributed by atoms with Gasteiger partial charge >= 0.3 is 5.97 Å². The summed E-state index contributed by atoms with van der Waals surface area (Å²) in [6, 6.07) is 0. The van der Waals surface area contributed by atoms with Crippen molar-refractivity contribution in [1.29, 1.82) is 0 Å². The number of carbonyl (C=O) groups is 2. The molecule has 0 aromatic carbocycles. The molecule has 3 N–H and O–H groups in total. The summed E-state index contributed by atoms with van der Waals surface area (Å²) < 4.78 is 0.442. The molecule has 6 nitrogen and oxygen atoms in total. The highest BCUT2D eigenvalue weighted by Crippen LogP contribution is 2.08. The van der Waals surface area contributed by atoms with E-state index in [2.05, 4.69) is 11.9 Å². The van der Waals surface area contributed by atoms with Crippen molar-refractivity contribution >= 4 is 11.9 Å². The number of likely N-dealkylation sites (N-methyl/N-ethyl adjacent to an activating group) is 1. The Morgan fingerprint density at radius 1 is 1.04 bits per heavy atom. The molecule has 1 amide bonds. The Hall–Kier alpha value is -1.40. The molecular weight excluding hydrogens is 308 g/mol. The highest BCUT2D eigenvalue weighted by Gasteiger charge is 2.18. The van der Waals surface area contributed by atoms with E-state index in [1.54, 1.807) is 0 Å². The second kappa shape index (κ2) is 15.1. The van der Waals surface area contributed by atoms with Crippen LogP contribution in [0, 0.1) is 0 Å². The Bertz CT molecular complexity index is 357. The van der Waals surface area contributed by atoms with Crippen LogP contribution in [0.1, 0.15) is 57.8 Å². The molecule has 0 spiro atoms. The van der Waals surface area contributed by atoms with Gasteiger partial charge in [0.25, 0.3) is 0 Å². The molecule has 0 bridgehead atoms. The number of nitrogens with one attached hydrogen (secondary N) is 1. The lowest BCUT2D eigenvalue weighted by Gasteiger charge is -2.27. The third-order valence-electron chi connectivity index (χ3n) is 3.89. The Kier molecular flexibility index (Phi) is 15.7. The lowest BCUT2D eigenvalue weighted by Crippen LogP contribution is -2.45. The average molecular weight is 344 g/mol. The van der Waals surface area contributed by atoms with Crippen molar-refractivity contribution < 1.29 is 24.7 Å². The number of carboxylic acid groups (broad SMARTS) is 1. The molecule has 0 aromatic rings. The Morgan fingerprint density at radius 2 is 1.62 bits per heavy atom. The second-order valence-electron chi connectivity index (χ2n) is 6.86. The highest BCUT2D eigenvalue weighted by atomic mass is 16.4. The first kappa shape index (κ1) is 24.8. The predicted octanol–water partition coefficient (Wildman–Crippen LogP) is 2.78. The molecule has 0 aromatic heterocycles. The minimum Gasteiger partial charge on any atom is -0.870 e. The van der Waals surface area contributed by atoms with Gasteiger partial charge in [-0.2, -0.15) is 0 Å². The fraction of sp³-hybridized carbons (Fsp3) is 0.778.